The molecule has 2 fully saturated rings. The third-order valence-electron chi connectivity index (χ3n) is 7.13. The average Bonchev–Trinajstić information content (AvgIpc) is 2.52. The standard InChI is InChI=1S/C22H36O3/c1-7-21(5,24)14-11-18-16(2)9-10-19-20(4,15-25-17(3)23)12-8-13-22(18,19)6/h7,18-19,24H,1-2,8-15H2,3-6H3/t18-,19-,20-,21+,22+/m0/s1. The van der Waals surface area contributed by atoms with Crippen LogP contribution >= 0.6 is 0 Å². The fourth-order valence-electron chi connectivity index (χ4n) is 5.59. The first-order valence-corrected chi connectivity index (χ1v) is 9.71. The number of hydrogen-bond donors (Lipinski definition) is 1. The minimum atomic E-state index is -0.820. The number of allylic oxidation sites excluding steroid dienone is 1. The van der Waals surface area contributed by atoms with Crippen LogP contribution in [0.25, 0.3) is 0 Å². The molecule has 0 bridgehead atoms. The summed E-state index contributed by atoms with van der Waals surface area (Å²) >= 11 is 0. The van der Waals surface area contributed by atoms with Crippen molar-refractivity contribution in [2.45, 2.75) is 78.2 Å². The molecule has 0 saturated heterocycles. The highest BCUT2D eigenvalue weighted by atomic mass is 16.5. The third kappa shape index (κ3) is 4.19. The Morgan fingerprint density at radius 1 is 1.44 bits per heavy atom. The topological polar surface area (TPSA) is 46.5 Å². The number of fused-ring (bicyclic) bond motifs is 1. The highest BCUT2D eigenvalue weighted by Crippen LogP contribution is 2.62. The van der Waals surface area contributed by atoms with E-state index in [9.17, 15) is 9.90 Å². The van der Waals surface area contributed by atoms with E-state index in [0.29, 0.717) is 24.9 Å². The van der Waals surface area contributed by atoms with Gasteiger partial charge >= 0.3 is 5.97 Å². The lowest BCUT2D eigenvalue weighted by atomic mass is 9.46. The smallest absolute Gasteiger partial charge is 0.302 e. The number of carbonyl (C=O) groups excluding carboxylic acids is 1. The molecule has 0 aromatic carbocycles. The molecule has 3 nitrogen and oxygen atoms in total. The number of hydrogen-bond acceptors (Lipinski definition) is 3. The Morgan fingerprint density at radius 2 is 2.12 bits per heavy atom. The van der Waals surface area contributed by atoms with Crippen molar-refractivity contribution >= 4 is 5.97 Å². The van der Waals surface area contributed by atoms with Crippen molar-refractivity contribution in [2.75, 3.05) is 6.61 Å². The van der Waals surface area contributed by atoms with Crippen molar-refractivity contribution in [1.82, 2.24) is 0 Å². The second kappa shape index (κ2) is 7.26. The van der Waals surface area contributed by atoms with E-state index in [-0.39, 0.29) is 16.8 Å². The second-order valence-electron chi connectivity index (χ2n) is 9.20. The predicted octanol–water partition coefficient (Wildman–Crippen LogP) is 5.05. The molecular formula is C22H36O3. The number of rotatable bonds is 6. The molecule has 2 aliphatic carbocycles. The van der Waals surface area contributed by atoms with Gasteiger partial charge < -0.3 is 9.84 Å². The summed E-state index contributed by atoms with van der Waals surface area (Å²) in [5, 5.41) is 10.4. The van der Waals surface area contributed by atoms with Crippen molar-refractivity contribution in [3.05, 3.63) is 24.8 Å². The Labute approximate surface area is 153 Å². The van der Waals surface area contributed by atoms with Gasteiger partial charge in [0.2, 0.25) is 0 Å². The Hall–Kier alpha value is -1.09. The lowest BCUT2D eigenvalue weighted by Crippen LogP contribution is -2.52. The first-order valence-electron chi connectivity index (χ1n) is 9.71. The lowest BCUT2D eigenvalue weighted by Gasteiger charge is -2.58. The van der Waals surface area contributed by atoms with Crippen LogP contribution in [0.2, 0.25) is 0 Å². The van der Waals surface area contributed by atoms with Crippen LogP contribution in [0.3, 0.4) is 0 Å². The molecule has 0 heterocycles. The maximum atomic E-state index is 11.4. The zero-order valence-corrected chi connectivity index (χ0v) is 16.6. The number of esters is 1. The van der Waals surface area contributed by atoms with Crippen molar-refractivity contribution in [3.63, 3.8) is 0 Å². The normalized spacial score (nSPS) is 37.7. The number of ether oxygens (including phenoxy) is 1. The van der Waals surface area contributed by atoms with Crippen LogP contribution in [-0.2, 0) is 9.53 Å². The summed E-state index contributed by atoms with van der Waals surface area (Å²) in [7, 11) is 0. The van der Waals surface area contributed by atoms with E-state index in [2.05, 4.69) is 27.0 Å². The van der Waals surface area contributed by atoms with E-state index in [1.807, 2.05) is 6.92 Å². The molecule has 0 aromatic heterocycles. The molecule has 1 N–H and O–H groups in total. The molecule has 0 spiro atoms. The zero-order chi connectivity index (χ0) is 18.9. The van der Waals surface area contributed by atoms with Gasteiger partial charge in [-0.25, -0.2) is 0 Å². The van der Waals surface area contributed by atoms with Crippen LogP contribution in [0, 0.1) is 22.7 Å². The monoisotopic (exact) mass is 348 g/mol. The molecular weight excluding hydrogens is 312 g/mol. The Balaban J connectivity index is 2.23. The van der Waals surface area contributed by atoms with Crippen LogP contribution in [0.5, 0.6) is 0 Å². The van der Waals surface area contributed by atoms with E-state index in [0.717, 1.165) is 32.1 Å². The highest BCUT2D eigenvalue weighted by molar-refractivity contribution is 5.65. The quantitative estimate of drug-likeness (QED) is 0.540. The van der Waals surface area contributed by atoms with Crippen LogP contribution in [-0.4, -0.2) is 23.3 Å². The summed E-state index contributed by atoms with van der Waals surface area (Å²) in [6, 6.07) is 0. The molecule has 3 heteroatoms. The Morgan fingerprint density at radius 3 is 2.72 bits per heavy atom. The molecule has 0 aliphatic heterocycles. The summed E-state index contributed by atoms with van der Waals surface area (Å²) in [4.78, 5) is 11.4. The maximum absolute atomic E-state index is 11.4. The van der Waals surface area contributed by atoms with E-state index in [1.54, 1.807) is 6.08 Å². The summed E-state index contributed by atoms with van der Waals surface area (Å²) < 4.78 is 5.46. The second-order valence-corrected chi connectivity index (χ2v) is 9.20. The highest BCUT2D eigenvalue weighted by Gasteiger charge is 2.54. The minimum absolute atomic E-state index is 0.0403. The van der Waals surface area contributed by atoms with Gasteiger partial charge in [-0.05, 0) is 62.7 Å². The third-order valence-corrected chi connectivity index (χ3v) is 7.13. The van der Waals surface area contributed by atoms with Gasteiger partial charge in [-0.1, -0.05) is 38.5 Å². The maximum Gasteiger partial charge on any atom is 0.302 e. The molecule has 0 amide bonds. The summed E-state index contributed by atoms with van der Waals surface area (Å²) in [6.45, 7) is 16.7. The van der Waals surface area contributed by atoms with Crippen LogP contribution in [0.1, 0.15) is 72.6 Å². The number of aliphatic hydroxyl groups is 1. The fourth-order valence-corrected chi connectivity index (χ4v) is 5.59. The molecule has 2 rings (SSSR count). The molecule has 5 atom stereocenters. The fraction of sp³-hybridized carbons (Fsp3) is 0.773. The first-order chi connectivity index (χ1) is 11.5. The van der Waals surface area contributed by atoms with Crippen molar-refractivity contribution in [1.29, 1.82) is 0 Å². The molecule has 0 radical (unpaired) electrons. The van der Waals surface area contributed by atoms with E-state index < -0.39 is 5.60 Å². The first kappa shape index (κ1) is 20.2. The predicted molar refractivity (Wildman–Crippen MR) is 102 cm³/mol. The summed E-state index contributed by atoms with van der Waals surface area (Å²) in [5.74, 6) is 0.749. The largest absolute Gasteiger partial charge is 0.465 e. The van der Waals surface area contributed by atoms with Gasteiger partial charge in [0.05, 0.1) is 12.2 Å². The summed E-state index contributed by atoms with van der Waals surface area (Å²) in [6.07, 6.45) is 8.92. The Bertz CT molecular complexity index is 535. The summed E-state index contributed by atoms with van der Waals surface area (Å²) in [5.41, 5.74) is 0.716. The van der Waals surface area contributed by atoms with Gasteiger partial charge in [-0.15, -0.1) is 6.58 Å². The van der Waals surface area contributed by atoms with Crippen LogP contribution in [0.4, 0.5) is 0 Å². The molecule has 2 saturated carbocycles. The lowest BCUT2D eigenvalue weighted by molar-refractivity contribution is -0.152. The Kier molecular flexibility index (Phi) is 5.88. The van der Waals surface area contributed by atoms with Gasteiger partial charge in [0.15, 0.2) is 0 Å². The number of carbonyl (C=O) groups is 1. The van der Waals surface area contributed by atoms with Crippen molar-refractivity contribution < 1.29 is 14.6 Å². The van der Waals surface area contributed by atoms with Crippen molar-refractivity contribution in [3.8, 4) is 0 Å². The van der Waals surface area contributed by atoms with Crippen molar-refractivity contribution in [2.24, 2.45) is 22.7 Å². The van der Waals surface area contributed by atoms with E-state index >= 15 is 0 Å². The molecule has 25 heavy (non-hydrogen) atoms. The molecule has 0 unspecified atom stereocenters. The SMILES string of the molecule is C=C[C@@](C)(O)CC[C@H]1C(=C)CC[C@H]2[C@](C)(COC(C)=O)CCC[C@]12C. The van der Waals surface area contributed by atoms with Gasteiger partial charge in [0.1, 0.15) is 0 Å². The average molecular weight is 349 g/mol. The van der Waals surface area contributed by atoms with Gasteiger partial charge in [-0.2, -0.15) is 0 Å². The minimum Gasteiger partial charge on any atom is -0.465 e. The van der Waals surface area contributed by atoms with Gasteiger partial charge in [0.25, 0.3) is 0 Å². The van der Waals surface area contributed by atoms with Crippen LogP contribution in [0.15, 0.2) is 24.8 Å². The van der Waals surface area contributed by atoms with Crippen LogP contribution < -0.4 is 0 Å². The van der Waals surface area contributed by atoms with E-state index in [1.165, 1.54) is 18.9 Å². The molecule has 142 valence electrons. The van der Waals surface area contributed by atoms with Gasteiger partial charge in [-0.3, -0.25) is 4.79 Å². The van der Waals surface area contributed by atoms with Gasteiger partial charge in [0, 0.05) is 12.3 Å². The molecule has 2 aliphatic rings. The zero-order valence-electron chi connectivity index (χ0n) is 16.6. The van der Waals surface area contributed by atoms with E-state index in [4.69, 9.17) is 4.74 Å². The molecule has 0 aromatic rings.